The first-order chi connectivity index (χ1) is 15.0. The topological polar surface area (TPSA) is 118 Å². The molecule has 10 nitrogen and oxygen atoms in total. The van der Waals surface area contributed by atoms with Crippen LogP contribution in [0, 0.1) is 0 Å². The van der Waals surface area contributed by atoms with Crippen LogP contribution in [0.1, 0.15) is 42.8 Å². The van der Waals surface area contributed by atoms with Crippen molar-refractivity contribution >= 4 is 34.7 Å². The van der Waals surface area contributed by atoms with Crippen LogP contribution in [0.15, 0.2) is 11.8 Å². The first kappa shape index (κ1) is 21.6. The van der Waals surface area contributed by atoms with Crippen LogP contribution in [-0.2, 0) is 14.3 Å². The van der Waals surface area contributed by atoms with Crippen molar-refractivity contribution in [2.45, 2.75) is 18.9 Å². The number of piperazine rings is 1. The number of fused-ring (bicyclic) bond motifs is 1. The van der Waals surface area contributed by atoms with Gasteiger partial charge in [-0.05, 0) is 12.8 Å². The van der Waals surface area contributed by atoms with E-state index in [4.69, 9.17) is 9.47 Å². The molecule has 166 valence electrons. The fourth-order valence-electron chi connectivity index (χ4n) is 3.78. The monoisotopic (exact) mass is 448 g/mol. The molecule has 3 aliphatic rings. The van der Waals surface area contributed by atoms with Gasteiger partial charge in [-0.15, -0.1) is 11.3 Å². The van der Waals surface area contributed by atoms with Crippen molar-refractivity contribution in [1.82, 2.24) is 20.1 Å². The molecule has 0 bridgehead atoms. The molecule has 4 rings (SSSR count). The molecule has 1 aromatic heterocycles. The maximum Gasteiger partial charge on any atom is 0.282 e. The Labute approximate surface area is 183 Å². The lowest BCUT2D eigenvalue weighted by Gasteiger charge is -2.35. The Balaban J connectivity index is 1.39. The molecular formula is C20H24N4O6S. The number of nitrogens with zero attached hydrogens (tertiary/aromatic N) is 3. The molecule has 1 aliphatic carbocycles. The third-order valence-electron chi connectivity index (χ3n) is 5.47. The number of allylic oxidation sites excluding steroid dienone is 2. The zero-order chi connectivity index (χ0) is 22.0. The Hall–Kier alpha value is -2.63. The van der Waals surface area contributed by atoms with Gasteiger partial charge in [0.25, 0.3) is 11.8 Å². The molecule has 0 aromatic carbocycles. The fraction of sp³-hybridized carbons (Fsp3) is 0.550. The van der Waals surface area contributed by atoms with Gasteiger partial charge >= 0.3 is 0 Å². The number of nitrogens with one attached hydrogen (secondary N) is 1. The van der Waals surface area contributed by atoms with Crippen LogP contribution in [-0.4, -0.2) is 97.3 Å². The normalized spacial score (nSPS) is 21.2. The quantitative estimate of drug-likeness (QED) is 0.609. The highest BCUT2D eigenvalue weighted by Crippen LogP contribution is 2.27. The Morgan fingerprint density at radius 3 is 2.68 bits per heavy atom. The molecular weight excluding hydrogens is 424 g/mol. The number of thiazole rings is 1. The Bertz CT molecular complexity index is 928. The smallest absolute Gasteiger partial charge is 0.282 e. The van der Waals surface area contributed by atoms with E-state index < -0.39 is 5.78 Å². The van der Waals surface area contributed by atoms with Gasteiger partial charge in [-0.25, -0.2) is 4.98 Å². The fourth-order valence-corrected chi connectivity index (χ4v) is 4.72. The zero-order valence-corrected chi connectivity index (χ0v) is 18.0. The van der Waals surface area contributed by atoms with Gasteiger partial charge in [0.1, 0.15) is 16.7 Å². The third kappa shape index (κ3) is 4.39. The minimum absolute atomic E-state index is 0.00737. The van der Waals surface area contributed by atoms with Crippen molar-refractivity contribution < 1.29 is 28.7 Å². The van der Waals surface area contributed by atoms with Crippen molar-refractivity contribution in [2.24, 2.45) is 0 Å². The Morgan fingerprint density at radius 2 is 2.00 bits per heavy atom. The van der Waals surface area contributed by atoms with Crippen molar-refractivity contribution in [2.75, 3.05) is 53.0 Å². The van der Waals surface area contributed by atoms with Gasteiger partial charge in [-0.1, -0.05) is 0 Å². The summed E-state index contributed by atoms with van der Waals surface area (Å²) >= 11 is 0.937. The lowest BCUT2D eigenvalue weighted by atomic mass is 10.0. The highest BCUT2D eigenvalue weighted by molar-refractivity contribution is 7.16. The Morgan fingerprint density at radius 1 is 1.26 bits per heavy atom. The molecule has 0 radical (unpaired) electrons. The number of amides is 2. The van der Waals surface area contributed by atoms with Crippen molar-refractivity contribution in [1.29, 1.82) is 0 Å². The largest absolute Gasteiger partial charge is 0.383 e. The number of ether oxygens (including phenoxy) is 2. The number of aromatic nitrogens is 1. The molecule has 1 atom stereocenters. The first-order valence-corrected chi connectivity index (χ1v) is 11.0. The van der Waals surface area contributed by atoms with Gasteiger partial charge in [0.2, 0.25) is 5.78 Å². The van der Waals surface area contributed by atoms with Crippen LogP contribution in [0.25, 0.3) is 0 Å². The number of carbonyl (C=O) groups is 4. The third-order valence-corrected chi connectivity index (χ3v) is 6.53. The molecule has 2 aliphatic heterocycles. The van der Waals surface area contributed by atoms with E-state index in [0.717, 1.165) is 24.2 Å². The predicted molar refractivity (Wildman–Crippen MR) is 110 cm³/mol. The van der Waals surface area contributed by atoms with Crippen molar-refractivity contribution in [3.05, 3.63) is 27.4 Å². The second kappa shape index (κ2) is 9.25. The average Bonchev–Trinajstić information content (AvgIpc) is 3.47. The SMILES string of the molecule is COCCNC1=CC(=O)c2sc(C(=O)N3CCN(C(=O)C4CCCO4)CC3)nc2C1=O. The zero-order valence-electron chi connectivity index (χ0n) is 17.2. The molecule has 1 aromatic rings. The summed E-state index contributed by atoms with van der Waals surface area (Å²) in [6.45, 7) is 2.94. The number of ketones is 2. The molecule has 1 N–H and O–H groups in total. The summed E-state index contributed by atoms with van der Waals surface area (Å²) < 4.78 is 10.4. The van der Waals surface area contributed by atoms with E-state index in [1.165, 1.54) is 6.08 Å². The summed E-state index contributed by atoms with van der Waals surface area (Å²) in [5.41, 5.74) is 0.160. The van der Waals surface area contributed by atoms with Gasteiger partial charge in [-0.2, -0.15) is 0 Å². The minimum Gasteiger partial charge on any atom is -0.383 e. The van der Waals surface area contributed by atoms with Crippen LogP contribution in [0.2, 0.25) is 0 Å². The number of Topliss-reactive ketones (excluding diaryl/α,β-unsaturated/α-hetero) is 1. The van der Waals surface area contributed by atoms with Gasteiger partial charge in [0, 0.05) is 52.5 Å². The summed E-state index contributed by atoms with van der Waals surface area (Å²) in [6, 6.07) is 0. The molecule has 3 heterocycles. The number of hydrogen-bond acceptors (Lipinski definition) is 9. The van der Waals surface area contributed by atoms with Crippen LogP contribution >= 0.6 is 11.3 Å². The molecule has 2 saturated heterocycles. The van der Waals surface area contributed by atoms with Crippen LogP contribution in [0.4, 0.5) is 0 Å². The van der Waals surface area contributed by atoms with E-state index in [1.54, 1.807) is 16.9 Å². The van der Waals surface area contributed by atoms with Gasteiger partial charge in [-0.3, -0.25) is 19.2 Å². The van der Waals surface area contributed by atoms with E-state index >= 15 is 0 Å². The van der Waals surface area contributed by atoms with Crippen molar-refractivity contribution in [3.63, 3.8) is 0 Å². The second-order valence-corrected chi connectivity index (χ2v) is 8.49. The lowest BCUT2D eigenvalue weighted by molar-refractivity contribution is -0.142. The van der Waals surface area contributed by atoms with Crippen LogP contribution in [0.3, 0.4) is 0 Å². The van der Waals surface area contributed by atoms with E-state index in [9.17, 15) is 19.2 Å². The summed E-state index contributed by atoms with van der Waals surface area (Å²) in [5.74, 6) is -1.12. The molecule has 2 amide bonds. The molecule has 0 saturated carbocycles. The number of carbonyl (C=O) groups excluding carboxylic acids is 4. The highest BCUT2D eigenvalue weighted by Gasteiger charge is 2.35. The maximum absolute atomic E-state index is 12.9. The van der Waals surface area contributed by atoms with Gasteiger partial charge in [0.05, 0.1) is 12.3 Å². The van der Waals surface area contributed by atoms with E-state index in [-0.39, 0.29) is 45.0 Å². The second-order valence-electron chi connectivity index (χ2n) is 7.49. The molecule has 0 spiro atoms. The molecule has 11 heteroatoms. The molecule has 2 fully saturated rings. The molecule has 31 heavy (non-hydrogen) atoms. The summed E-state index contributed by atoms with van der Waals surface area (Å²) in [5, 5.41) is 2.98. The van der Waals surface area contributed by atoms with Crippen LogP contribution < -0.4 is 5.32 Å². The van der Waals surface area contributed by atoms with E-state index in [0.29, 0.717) is 45.9 Å². The highest BCUT2D eigenvalue weighted by atomic mass is 32.1. The standard InChI is InChI=1S/C20H24N4O6S/c1-29-10-4-21-12-11-13(25)17-15(16(12)26)22-18(31-17)20(28)24-7-5-23(6-8-24)19(27)14-3-2-9-30-14/h11,14,21H,2-10H2,1H3. The van der Waals surface area contributed by atoms with Gasteiger partial charge in [0.15, 0.2) is 10.8 Å². The van der Waals surface area contributed by atoms with Gasteiger partial charge < -0.3 is 24.6 Å². The first-order valence-electron chi connectivity index (χ1n) is 10.2. The lowest BCUT2D eigenvalue weighted by Crippen LogP contribution is -2.52. The summed E-state index contributed by atoms with van der Waals surface area (Å²) in [7, 11) is 1.54. The molecule has 1 unspecified atom stereocenters. The number of rotatable bonds is 6. The number of hydrogen-bond donors (Lipinski definition) is 1. The van der Waals surface area contributed by atoms with Crippen LogP contribution in [0.5, 0.6) is 0 Å². The van der Waals surface area contributed by atoms with E-state index in [1.807, 2.05) is 0 Å². The van der Waals surface area contributed by atoms with E-state index in [2.05, 4.69) is 10.3 Å². The Kier molecular flexibility index (Phi) is 6.44. The average molecular weight is 449 g/mol. The number of methoxy groups -OCH3 is 1. The minimum atomic E-state index is -0.409. The van der Waals surface area contributed by atoms with Crippen molar-refractivity contribution in [3.8, 4) is 0 Å². The summed E-state index contributed by atoms with van der Waals surface area (Å²) in [6.07, 6.45) is 2.49. The maximum atomic E-state index is 12.9. The predicted octanol–water partition coefficient (Wildman–Crippen LogP) is 0.105. The summed E-state index contributed by atoms with van der Waals surface area (Å²) in [4.78, 5) is 58.2.